The van der Waals surface area contributed by atoms with E-state index in [2.05, 4.69) is 28.7 Å². The molecule has 4 heteroatoms. The van der Waals surface area contributed by atoms with Gasteiger partial charge in [-0.2, -0.15) is 5.26 Å². The summed E-state index contributed by atoms with van der Waals surface area (Å²) in [7, 11) is 0. The molecule has 0 heterocycles. The van der Waals surface area contributed by atoms with Gasteiger partial charge >= 0.3 is 0 Å². The van der Waals surface area contributed by atoms with Gasteiger partial charge in [0.2, 0.25) is 0 Å². The van der Waals surface area contributed by atoms with E-state index in [9.17, 15) is 4.79 Å². The number of carbonyl (C=O) groups is 1. The molecule has 0 saturated carbocycles. The number of hydrogen-bond acceptors (Lipinski definition) is 3. The zero-order valence-corrected chi connectivity index (χ0v) is 14.7. The fraction of sp³-hybridized carbons (Fsp3) is 0.158. The van der Waals surface area contributed by atoms with Gasteiger partial charge in [-0.3, -0.25) is 4.79 Å². The Bertz CT molecular complexity index is 730. The van der Waals surface area contributed by atoms with Crippen LogP contribution in [-0.2, 0) is 0 Å². The number of ketones is 1. The van der Waals surface area contributed by atoms with Gasteiger partial charge in [0.1, 0.15) is 5.75 Å². The number of benzene rings is 2. The number of hydrogen-bond donors (Lipinski definition) is 0. The van der Waals surface area contributed by atoms with Gasteiger partial charge < -0.3 is 4.74 Å². The van der Waals surface area contributed by atoms with Gasteiger partial charge in [0.25, 0.3) is 0 Å². The van der Waals surface area contributed by atoms with E-state index >= 15 is 0 Å². The van der Waals surface area contributed by atoms with Crippen LogP contribution >= 0.6 is 22.6 Å². The first kappa shape index (κ1) is 17.2. The van der Waals surface area contributed by atoms with Crippen LogP contribution in [0.2, 0.25) is 0 Å². The molecule has 0 radical (unpaired) electrons. The number of allylic oxidation sites excluding steroid dienone is 1. The number of carbonyl (C=O) groups excluding carboxylic acids is 1. The summed E-state index contributed by atoms with van der Waals surface area (Å²) in [4.78, 5) is 12.1. The van der Waals surface area contributed by atoms with Gasteiger partial charge in [-0.15, -0.1) is 0 Å². The number of rotatable bonds is 7. The van der Waals surface area contributed by atoms with Crippen LogP contribution in [0.3, 0.4) is 0 Å². The second-order valence-corrected chi connectivity index (χ2v) is 6.13. The van der Waals surface area contributed by atoms with E-state index in [1.807, 2.05) is 48.5 Å². The quantitative estimate of drug-likeness (QED) is 0.280. The smallest absolute Gasteiger partial charge is 0.185 e. The summed E-state index contributed by atoms with van der Waals surface area (Å²) >= 11 is 2.21. The minimum absolute atomic E-state index is 0.0262. The molecular weight excluding hydrogens is 401 g/mol. The average molecular weight is 417 g/mol. The van der Waals surface area contributed by atoms with Crippen LogP contribution in [0, 0.1) is 14.9 Å². The van der Waals surface area contributed by atoms with Gasteiger partial charge in [0.05, 0.1) is 12.7 Å². The molecule has 0 atom stereocenters. The molecule has 0 fully saturated rings. The van der Waals surface area contributed by atoms with Crippen molar-refractivity contribution in [2.24, 2.45) is 0 Å². The molecule has 0 aromatic heterocycles. The maximum absolute atomic E-state index is 12.1. The first-order chi connectivity index (χ1) is 11.2. The molecule has 0 spiro atoms. The SMILES string of the molecule is N#CCCCOc1cccc(/C=C/C(=O)c2ccc(I)cc2)c1. The van der Waals surface area contributed by atoms with Gasteiger partial charge in [0, 0.05) is 15.6 Å². The summed E-state index contributed by atoms with van der Waals surface area (Å²) in [6.07, 6.45) is 4.55. The summed E-state index contributed by atoms with van der Waals surface area (Å²) in [5.41, 5.74) is 1.58. The number of unbranched alkanes of at least 4 members (excludes halogenated alkanes) is 1. The monoisotopic (exact) mass is 417 g/mol. The predicted octanol–water partition coefficient (Wildman–Crippen LogP) is 4.87. The van der Waals surface area contributed by atoms with Crippen LogP contribution in [0.1, 0.15) is 28.8 Å². The van der Waals surface area contributed by atoms with Crippen molar-refractivity contribution in [3.8, 4) is 11.8 Å². The van der Waals surface area contributed by atoms with Crippen molar-refractivity contribution in [1.82, 2.24) is 0 Å². The normalized spacial score (nSPS) is 10.4. The summed E-state index contributed by atoms with van der Waals surface area (Å²) < 4.78 is 6.68. The summed E-state index contributed by atoms with van der Waals surface area (Å²) in [6, 6.07) is 17.1. The first-order valence-corrected chi connectivity index (χ1v) is 8.35. The minimum Gasteiger partial charge on any atom is -0.494 e. The first-order valence-electron chi connectivity index (χ1n) is 7.27. The van der Waals surface area contributed by atoms with E-state index in [1.54, 1.807) is 12.2 Å². The maximum Gasteiger partial charge on any atom is 0.185 e. The zero-order chi connectivity index (χ0) is 16.5. The van der Waals surface area contributed by atoms with Crippen LogP contribution in [0.4, 0.5) is 0 Å². The number of nitrogens with zero attached hydrogens (tertiary/aromatic N) is 1. The number of nitriles is 1. The Kier molecular flexibility index (Phi) is 6.82. The van der Waals surface area contributed by atoms with E-state index in [1.165, 1.54) is 0 Å². The van der Waals surface area contributed by atoms with Crippen LogP contribution in [0.25, 0.3) is 6.08 Å². The highest BCUT2D eigenvalue weighted by Crippen LogP contribution is 2.15. The summed E-state index contributed by atoms with van der Waals surface area (Å²) in [5.74, 6) is 0.716. The van der Waals surface area contributed by atoms with E-state index in [0.717, 1.165) is 14.9 Å². The van der Waals surface area contributed by atoms with Crippen molar-refractivity contribution in [2.75, 3.05) is 6.61 Å². The highest BCUT2D eigenvalue weighted by molar-refractivity contribution is 14.1. The molecule has 0 N–H and O–H groups in total. The van der Waals surface area contributed by atoms with Gasteiger partial charge in [0.15, 0.2) is 5.78 Å². The molecule has 0 aliphatic carbocycles. The second kappa shape index (κ2) is 9.11. The Morgan fingerprint density at radius 3 is 2.74 bits per heavy atom. The third kappa shape index (κ3) is 5.87. The van der Waals surface area contributed by atoms with Crippen molar-refractivity contribution in [2.45, 2.75) is 12.8 Å². The zero-order valence-electron chi connectivity index (χ0n) is 12.5. The molecule has 2 rings (SSSR count). The molecule has 0 amide bonds. The Balaban J connectivity index is 1.97. The molecule has 0 aliphatic heterocycles. The van der Waals surface area contributed by atoms with Crippen molar-refractivity contribution in [3.05, 3.63) is 69.3 Å². The molecule has 2 aromatic rings. The highest BCUT2D eigenvalue weighted by Gasteiger charge is 2.01. The Morgan fingerprint density at radius 1 is 1.22 bits per heavy atom. The minimum atomic E-state index is -0.0262. The number of halogens is 1. The van der Waals surface area contributed by atoms with E-state index in [0.29, 0.717) is 25.0 Å². The highest BCUT2D eigenvalue weighted by atomic mass is 127. The van der Waals surface area contributed by atoms with E-state index in [-0.39, 0.29) is 5.78 Å². The Morgan fingerprint density at radius 2 is 2.00 bits per heavy atom. The van der Waals surface area contributed by atoms with Crippen LogP contribution in [0.5, 0.6) is 5.75 Å². The molecule has 23 heavy (non-hydrogen) atoms. The molecule has 0 saturated heterocycles. The lowest BCUT2D eigenvalue weighted by Gasteiger charge is -2.05. The molecule has 0 bridgehead atoms. The lowest BCUT2D eigenvalue weighted by atomic mass is 10.1. The van der Waals surface area contributed by atoms with Crippen LogP contribution in [0.15, 0.2) is 54.6 Å². The Hall–Kier alpha value is -2.13. The standard InChI is InChI=1S/C19H16INO2/c20-17-9-7-16(8-10-17)19(22)11-6-15-4-3-5-18(14-15)23-13-2-1-12-21/h3-11,14H,1-2,13H2/b11-6+. The topological polar surface area (TPSA) is 50.1 Å². The van der Waals surface area contributed by atoms with Crippen molar-refractivity contribution in [1.29, 1.82) is 5.26 Å². The number of ether oxygens (including phenoxy) is 1. The van der Waals surface area contributed by atoms with Crippen LogP contribution < -0.4 is 4.74 Å². The van der Waals surface area contributed by atoms with Crippen LogP contribution in [-0.4, -0.2) is 12.4 Å². The fourth-order valence-electron chi connectivity index (χ4n) is 1.93. The van der Waals surface area contributed by atoms with Gasteiger partial charge in [-0.05, 0) is 64.9 Å². The third-order valence-corrected chi connectivity index (χ3v) is 3.83. The maximum atomic E-state index is 12.1. The molecule has 2 aromatic carbocycles. The van der Waals surface area contributed by atoms with E-state index in [4.69, 9.17) is 10.00 Å². The predicted molar refractivity (Wildman–Crippen MR) is 99.3 cm³/mol. The van der Waals surface area contributed by atoms with Crippen molar-refractivity contribution >= 4 is 34.5 Å². The lowest BCUT2D eigenvalue weighted by molar-refractivity contribution is 0.104. The van der Waals surface area contributed by atoms with Crippen molar-refractivity contribution < 1.29 is 9.53 Å². The molecule has 3 nitrogen and oxygen atoms in total. The molecule has 0 unspecified atom stereocenters. The van der Waals surface area contributed by atoms with Crippen molar-refractivity contribution in [3.63, 3.8) is 0 Å². The second-order valence-electron chi connectivity index (χ2n) is 4.89. The molecule has 0 aliphatic rings. The molecule has 116 valence electrons. The Labute approximate surface area is 149 Å². The lowest BCUT2D eigenvalue weighted by Crippen LogP contribution is -1.96. The van der Waals surface area contributed by atoms with E-state index < -0.39 is 0 Å². The third-order valence-electron chi connectivity index (χ3n) is 3.12. The van der Waals surface area contributed by atoms with Gasteiger partial charge in [-0.25, -0.2) is 0 Å². The van der Waals surface area contributed by atoms with Gasteiger partial charge in [-0.1, -0.05) is 30.3 Å². The largest absolute Gasteiger partial charge is 0.494 e. The summed E-state index contributed by atoms with van der Waals surface area (Å²) in [6.45, 7) is 0.516. The summed E-state index contributed by atoms with van der Waals surface area (Å²) in [5, 5.41) is 8.49. The fourth-order valence-corrected chi connectivity index (χ4v) is 2.29. The average Bonchev–Trinajstić information content (AvgIpc) is 2.58. The molecular formula is C19H16INO2.